The van der Waals surface area contributed by atoms with Crippen LogP contribution in [0.4, 0.5) is 0 Å². The Morgan fingerprint density at radius 1 is 0.871 bits per heavy atom. The van der Waals surface area contributed by atoms with Crippen molar-refractivity contribution in [3.63, 3.8) is 0 Å². The molecule has 0 aromatic rings. The van der Waals surface area contributed by atoms with E-state index in [0.29, 0.717) is 0 Å². The monoisotopic (exact) mass is 447 g/mol. The summed E-state index contributed by atoms with van der Waals surface area (Å²) in [4.78, 5) is 69.5. The largest absolute Gasteiger partial charge is 0.481 e. The maximum Gasteiger partial charge on any atom is 0.326 e. The summed E-state index contributed by atoms with van der Waals surface area (Å²) >= 11 is 0. The van der Waals surface area contributed by atoms with E-state index in [1.807, 2.05) is 5.32 Å². The maximum absolute atomic E-state index is 12.5. The van der Waals surface area contributed by atoms with Crippen molar-refractivity contribution in [2.24, 2.45) is 17.4 Å². The Bertz CT molecular complexity index is 697. The number of carboxylic acid groups (broad SMARTS) is 2. The highest BCUT2D eigenvalue weighted by molar-refractivity contribution is 5.94. The molecule has 0 aliphatic carbocycles. The van der Waals surface area contributed by atoms with Gasteiger partial charge in [-0.25, -0.2) is 4.79 Å². The minimum absolute atomic E-state index is 0.0462. The van der Waals surface area contributed by atoms with Crippen molar-refractivity contribution in [3.05, 3.63) is 0 Å². The van der Waals surface area contributed by atoms with Crippen LogP contribution in [0.3, 0.4) is 0 Å². The van der Waals surface area contributed by atoms with Crippen LogP contribution >= 0.6 is 0 Å². The quantitative estimate of drug-likeness (QED) is 0.129. The standard InChI is InChI=1S/C17H29N5O9/c1-7(2)13(22-14(27)8(18)3-4-11(19)24)16(29)21-10(6-23)15(28)20-9(17(30)31)5-12(25)26/h7-10,13,23H,3-6,18H2,1-2H3,(H2,19,24)(H,20,28)(H,21,29)(H,22,27)(H,25,26)(H,30,31). The van der Waals surface area contributed by atoms with Crippen LogP contribution in [0.25, 0.3) is 0 Å². The van der Waals surface area contributed by atoms with Crippen LogP contribution in [0.1, 0.15) is 33.1 Å². The van der Waals surface area contributed by atoms with Crippen LogP contribution in [0.5, 0.6) is 0 Å². The van der Waals surface area contributed by atoms with Crippen LogP contribution in [-0.4, -0.2) is 81.7 Å². The van der Waals surface area contributed by atoms with Gasteiger partial charge >= 0.3 is 11.9 Å². The number of carbonyl (C=O) groups excluding carboxylic acids is 4. The minimum atomic E-state index is -1.78. The molecule has 0 spiro atoms. The number of aliphatic hydroxyl groups excluding tert-OH is 1. The third-order valence-electron chi connectivity index (χ3n) is 4.09. The topological polar surface area (TPSA) is 251 Å². The lowest BCUT2D eigenvalue weighted by Crippen LogP contribution is -2.59. The first-order valence-corrected chi connectivity index (χ1v) is 9.30. The summed E-state index contributed by atoms with van der Waals surface area (Å²) < 4.78 is 0. The normalized spacial score (nSPS) is 14.6. The first-order valence-electron chi connectivity index (χ1n) is 9.30. The van der Waals surface area contributed by atoms with Gasteiger partial charge in [0.15, 0.2) is 0 Å². The Hall–Kier alpha value is -3.26. The second-order valence-electron chi connectivity index (χ2n) is 7.08. The molecule has 14 nitrogen and oxygen atoms in total. The third kappa shape index (κ3) is 10.4. The lowest BCUT2D eigenvalue weighted by atomic mass is 10.0. The highest BCUT2D eigenvalue weighted by atomic mass is 16.4. The summed E-state index contributed by atoms with van der Waals surface area (Å²) in [7, 11) is 0. The van der Waals surface area contributed by atoms with Gasteiger partial charge in [0.05, 0.1) is 19.1 Å². The van der Waals surface area contributed by atoms with E-state index in [1.165, 1.54) is 0 Å². The number of nitrogens with two attached hydrogens (primary N) is 2. The Morgan fingerprint density at radius 3 is 1.84 bits per heavy atom. The molecule has 0 aromatic carbocycles. The van der Waals surface area contributed by atoms with E-state index in [-0.39, 0.29) is 12.8 Å². The Labute approximate surface area is 177 Å². The number of hydrogen-bond donors (Lipinski definition) is 8. The molecular formula is C17H29N5O9. The van der Waals surface area contributed by atoms with E-state index < -0.39 is 78.7 Å². The fourth-order valence-electron chi connectivity index (χ4n) is 2.33. The van der Waals surface area contributed by atoms with Crippen molar-refractivity contribution < 1.29 is 44.1 Å². The number of carboxylic acids is 2. The Kier molecular flexibility index (Phi) is 11.7. The van der Waals surface area contributed by atoms with Gasteiger partial charge in [0.25, 0.3) is 0 Å². The molecule has 4 amide bonds. The van der Waals surface area contributed by atoms with Gasteiger partial charge < -0.3 is 42.7 Å². The fraction of sp³-hybridized carbons (Fsp3) is 0.647. The number of hydrogen-bond acceptors (Lipinski definition) is 8. The highest BCUT2D eigenvalue weighted by Crippen LogP contribution is 2.05. The second kappa shape index (κ2) is 13.1. The van der Waals surface area contributed by atoms with Gasteiger partial charge in [-0.2, -0.15) is 0 Å². The molecule has 31 heavy (non-hydrogen) atoms. The van der Waals surface area contributed by atoms with Gasteiger partial charge in [-0.1, -0.05) is 13.8 Å². The van der Waals surface area contributed by atoms with Gasteiger partial charge in [0.1, 0.15) is 18.1 Å². The van der Waals surface area contributed by atoms with Crippen LogP contribution in [0.2, 0.25) is 0 Å². The van der Waals surface area contributed by atoms with Gasteiger partial charge in [-0.3, -0.25) is 24.0 Å². The molecule has 0 radical (unpaired) electrons. The van der Waals surface area contributed by atoms with Crippen LogP contribution < -0.4 is 27.4 Å². The molecule has 176 valence electrons. The lowest BCUT2D eigenvalue weighted by molar-refractivity contribution is -0.147. The number of aliphatic hydroxyl groups is 1. The van der Waals surface area contributed by atoms with Crippen LogP contribution in [0, 0.1) is 5.92 Å². The first-order chi connectivity index (χ1) is 14.3. The average molecular weight is 447 g/mol. The zero-order chi connectivity index (χ0) is 24.3. The average Bonchev–Trinajstić information content (AvgIpc) is 2.66. The summed E-state index contributed by atoms with van der Waals surface area (Å²) in [5.74, 6) is -6.97. The number of primary amides is 1. The molecular weight excluding hydrogens is 418 g/mol. The predicted octanol–water partition coefficient (Wildman–Crippen LogP) is -3.76. The molecule has 0 rings (SSSR count). The maximum atomic E-state index is 12.5. The van der Waals surface area contributed by atoms with E-state index in [4.69, 9.17) is 21.7 Å². The molecule has 4 atom stereocenters. The molecule has 0 bridgehead atoms. The zero-order valence-corrected chi connectivity index (χ0v) is 17.2. The highest BCUT2D eigenvalue weighted by Gasteiger charge is 2.32. The lowest BCUT2D eigenvalue weighted by Gasteiger charge is -2.26. The minimum Gasteiger partial charge on any atom is -0.481 e. The SMILES string of the molecule is CC(C)C(NC(=O)C(N)CCC(N)=O)C(=O)NC(CO)C(=O)NC(CC(=O)O)C(=O)O. The molecule has 0 fully saturated rings. The van der Waals surface area contributed by atoms with Crippen LogP contribution in [0.15, 0.2) is 0 Å². The predicted molar refractivity (Wildman–Crippen MR) is 104 cm³/mol. The first kappa shape index (κ1) is 27.7. The molecule has 0 aliphatic heterocycles. The summed E-state index contributed by atoms with van der Waals surface area (Å²) in [6.45, 7) is 2.25. The molecule has 10 N–H and O–H groups in total. The van der Waals surface area contributed by atoms with Crippen LogP contribution in [-0.2, 0) is 28.8 Å². The van der Waals surface area contributed by atoms with Crippen molar-refractivity contribution in [3.8, 4) is 0 Å². The van der Waals surface area contributed by atoms with E-state index in [1.54, 1.807) is 13.8 Å². The number of aliphatic carboxylic acids is 2. The summed E-state index contributed by atoms with van der Waals surface area (Å²) in [6.07, 6.45) is -1.10. The van der Waals surface area contributed by atoms with E-state index in [0.717, 1.165) is 0 Å². The van der Waals surface area contributed by atoms with Crippen molar-refractivity contribution in [2.45, 2.75) is 57.3 Å². The van der Waals surface area contributed by atoms with Gasteiger partial charge in [-0.05, 0) is 12.3 Å². The van der Waals surface area contributed by atoms with E-state index >= 15 is 0 Å². The number of nitrogens with one attached hydrogen (secondary N) is 3. The van der Waals surface area contributed by atoms with Gasteiger partial charge in [-0.15, -0.1) is 0 Å². The molecule has 0 saturated carbocycles. The smallest absolute Gasteiger partial charge is 0.326 e. The molecule has 0 aliphatic rings. The molecule has 0 heterocycles. The Balaban J connectivity index is 5.15. The van der Waals surface area contributed by atoms with Crippen molar-refractivity contribution in [2.75, 3.05) is 6.61 Å². The summed E-state index contributed by atoms with van der Waals surface area (Å²) in [5, 5.41) is 33.6. The molecule has 14 heteroatoms. The van der Waals surface area contributed by atoms with Crippen molar-refractivity contribution >= 4 is 35.6 Å². The zero-order valence-electron chi connectivity index (χ0n) is 17.2. The number of amides is 4. The number of rotatable bonds is 14. The van der Waals surface area contributed by atoms with Crippen molar-refractivity contribution in [1.82, 2.24) is 16.0 Å². The van der Waals surface area contributed by atoms with Crippen molar-refractivity contribution in [1.29, 1.82) is 0 Å². The third-order valence-corrected chi connectivity index (χ3v) is 4.09. The Morgan fingerprint density at radius 2 is 1.42 bits per heavy atom. The summed E-state index contributed by atoms with van der Waals surface area (Å²) in [6, 6.07) is -5.68. The summed E-state index contributed by atoms with van der Waals surface area (Å²) in [5.41, 5.74) is 10.6. The van der Waals surface area contributed by atoms with E-state index in [2.05, 4.69) is 10.6 Å². The fourth-order valence-corrected chi connectivity index (χ4v) is 2.33. The molecule has 0 saturated heterocycles. The molecule has 0 aromatic heterocycles. The number of carbonyl (C=O) groups is 6. The molecule has 4 unspecified atom stereocenters. The van der Waals surface area contributed by atoms with Gasteiger partial charge in [0, 0.05) is 6.42 Å². The van der Waals surface area contributed by atoms with Gasteiger partial charge in [0.2, 0.25) is 23.6 Å². The van der Waals surface area contributed by atoms with E-state index in [9.17, 15) is 33.9 Å². The second-order valence-corrected chi connectivity index (χ2v) is 7.08.